The number of para-hydroxylation sites is 1. The zero-order valence-electron chi connectivity index (χ0n) is 15.2. The smallest absolute Gasteiger partial charge is 0.341 e. The van der Waals surface area contributed by atoms with Gasteiger partial charge in [0.2, 0.25) is 0 Å². The van der Waals surface area contributed by atoms with E-state index < -0.39 is 5.97 Å². The van der Waals surface area contributed by atoms with Crippen molar-refractivity contribution >= 4 is 5.97 Å². The molecule has 1 fully saturated rings. The van der Waals surface area contributed by atoms with Gasteiger partial charge in [0.15, 0.2) is 0 Å². The quantitative estimate of drug-likeness (QED) is 0.351. The average molecular weight is 375 g/mol. The van der Waals surface area contributed by atoms with Gasteiger partial charge in [0.25, 0.3) is 0 Å². The number of rotatable bonds is 10. The molecule has 0 spiro atoms. The van der Waals surface area contributed by atoms with Gasteiger partial charge in [0.05, 0.1) is 20.3 Å². The number of epoxide rings is 1. The van der Waals surface area contributed by atoms with E-state index in [1.165, 1.54) is 7.11 Å². The summed E-state index contributed by atoms with van der Waals surface area (Å²) in [6, 6.07) is 6.75. The van der Waals surface area contributed by atoms with Crippen molar-refractivity contribution in [2.24, 2.45) is 0 Å². The Kier molecular flexibility index (Phi) is 6.37. The van der Waals surface area contributed by atoms with Gasteiger partial charge in [0, 0.05) is 0 Å². The summed E-state index contributed by atoms with van der Waals surface area (Å²) in [4.78, 5) is 24.3. The summed E-state index contributed by atoms with van der Waals surface area (Å²) >= 11 is 0. The number of carbonyl (C=O) groups is 1. The van der Waals surface area contributed by atoms with Crippen LogP contribution in [0.3, 0.4) is 0 Å². The maximum atomic E-state index is 11.9. The molecule has 1 unspecified atom stereocenters. The van der Waals surface area contributed by atoms with Crippen molar-refractivity contribution in [3.8, 4) is 23.8 Å². The highest BCUT2D eigenvalue weighted by molar-refractivity contribution is 5.92. The van der Waals surface area contributed by atoms with Crippen molar-refractivity contribution in [1.29, 1.82) is 0 Å². The maximum absolute atomic E-state index is 11.9. The van der Waals surface area contributed by atoms with Crippen LogP contribution in [-0.2, 0) is 9.47 Å². The topological polar surface area (TPSA) is 105 Å². The van der Waals surface area contributed by atoms with Crippen LogP contribution in [-0.4, -0.2) is 54.0 Å². The largest absolute Gasteiger partial charge is 0.465 e. The third-order valence-corrected chi connectivity index (χ3v) is 3.60. The van der Waals surface area contributed by atoms with E-state index >= 15 is 0 Å². The molecular formula is C18H21N3O6. The molecule has 27 heavy (non-hydrogen) atoms. The molecular weight excluding hydrogens is 354 g/mol. The predicted molar refractivity (Wildman–Crippen MR) is 93.3 cm³/mol. The van der Waals surface area contributed by atoms with Crippen LogP contribution in [0.5, 0.6) is 23.8 Å². The number of unbranched alkanes of at least 4 members (excludes halogenated alkanes) is 1. The average Bonchev–Trinajstić information content (AvgIpc) is 3.51. The first-order valence-corrected chi connectivity index (χ1v) is 8.68. The predicted octanol–water partition coefficient (Wildman–Crippen LogP) is 2.41. The van der Waals surface area contributed by atoms with Gasteiger partial charge in [-0.05, 0) is 18.6 Å². The Balaban J connectivity index is 1.81. The van der Waals surface area contributed by atoms with E-state index in [9.17, 15) is 4.79 Å². The summed E-state index contributed by atoms with van der Waals surface area (Å²) in [6.07, 6.45) is 1.89. The minimum Gasteiger partial charge on any atom is -0.465 e. The van der Waals surface area contributed by atoms with Gasteiger partial charge in [-0.15, -0.1) is 15.0 Å². The fourth-order valence-electron chi connectivity index (χ4n) is 2.07. The molecule has 0 N–H and O–H groups in total. The molecule has 2 heterocycles. The van der Waals surface area contributed by atoms with Crippen molar-refractivity contribution in [3.05, 3.63) is 29.8 Å². The van der Waals surface area contributed by atoms with Gasteiger partial charge < -0.3 is 23.7 Å². The number of esters is 1. The first-order valence-electron chi connectivity index (χ1n) is 8.68. The van der Waals surface area contributed by atoms with Crippen molar-refractivity contribution < 1.29 is 28.5 Å². The molecule has 1 aromatic carbocycles. The van der Waals surface area contributed by atoms with E-state index in [2.05, 4.69) is 21.9 Å². The number of carbonyl (C=O) groups excluding carboxylic acids is 1. The Hall–Kier alpha value is -2.94. The summed E-state index contributed by atoms with van der Waals surface area (Å²) < 4.78 is 26.6. The Labute approximate surface area is 156 Å². The molecule has 2 aromatic rings. The van der Waals surface area contributed by atoms with Gasteiger partial charge in [-0.3, -0.25) is 0 Å². The van der Waals surface area contributed by atoms with Crippen LogP contribution in [0, 0.1) is 0 Å². The second-order valence-corrected chi connectivity index (χ2v) is 5.74. The van der Waals surface area contributed by atoms with Crippen molar-refractivity contribution in [2.75, 3.05) is 26.9 Å². The zero-order chi connectivity index (χ0) is 19.1. The zero-order valence-corrected chi connectivity index (χ0v) is 15.2. The summed E-state index contributed by atoms with van der Waals surface area (Å²) in [5.41, 5.74) is 0.253. The van der Waals surface area contributed by atoms with E-state index in [0.29, 0.717) is 19.8 Å². The highest BCUT2D eigenvalue weighted by Gasteiger charge is 2.24. The normalized spacial score (nSPS) is 15.1. The van der Waals surface area contributed by atoms with Gasteiger partial charge in [-0.25, -0.2) is 4.79 Å². The van der Waals surface area contributed by atoms with Crippen LogP contribution in [0.4, 0.5) is 0 Å². The van der Waals surface area contributed by atoms with Crippen molar-refractivity contribution in [1.82, 2.24) is 15.0 Å². The second-order valence-electron chi connectivity index (χ2n) is 5.74. The van der Waals surface area contributed by atoms with Crippen LogP contribution < -0.4 is 14.2 Å². The van der Waals surface area contributed by atoms with Gasteiger partial charge in [-0.2, -0.15) is 0 Å². The second kappa shape index (κ2) is 9.13. The third kappa shape index (κ3) is 5.52. The van der Waals surface area contributed by atoms with Gasteiger partial charge >= 0.3 is 24.0 Å². The van der Waals surface area contributed by atoms with Gasteiger partial charge in [0.1, 0.15) is 24.0 Å². The van der Waals surface area contributed by atoms with Crippen LogP contribution in [0.2, 0.25) is 0 Å². The van der Waals surface area contributed by atoms with Crippen molar-refractivity contribution in [2.45, 2.75) is 25.9 Å². The number of hydrogen-bond acceptors (Lipinski definition) is 9. The first-order chi connectivity index (χ1) is 13.2. The summed E-state index contributed by atoms with van der Waals surface area (Å²) in [6.45, 7) is 3.50. The lowest BCUT2D eigenvalue weighted by Crippen LogP contribution is -2.10. The molecule has 9 nitrogen and oxygen atoms in total. The first kappa shape index (κ1) is 18.8. The Morgan fingerprint density at radius 3 is 2.56 bits per heavy atom. The monoisotopic (exact) mass is 375 g/mol. The molecule has 0 bridgehead atoms. The Morgan fingerprint density at radius 1 is 1.15 bits per heavy atom. The molecule has 1 saturated heterocycles. The van der Waals surface area contributed by atoms with Crippen LogP contribution in [0.1, 0.15) is 30.1 Å². The molecule has 1 aliphatic heterocycles. The van der Waals surface area contributed by atoms with E-state index in [4.69, 9.17) is 23.7 Å². The molecule has 0 saturated carbocycles. The maximum Gasteiger partial charge on any atom is 0.341 e. The van der Waals surface area contributed by atoms with Crippen LogP contribution >= 0.6 is 0 Å². The lowest BCUT2D eigenvalue weighted by atomic mass is 10.2. The fourth-order valence-corrected chi connectivity index (χ4v) is 2.07. The van der Waals surface area contributed by atoms with E-state index in [1.807, 2.05) is 0 Å². The number of ether oxygens (including phenoxy) is 5. The third-order valence-electron chi connectivity index (χ3n) is 3.60. The van der Waals surface area contributed by atoms with E-state index in [1.54, 1.807) is 24.3 Å². The SMILES string of the molecule is CCCCOc1nc(OCC2CO2)nc(Oc2ccccc2C(=O)OC)n1. The number of benzene rings is 1. The minimum atomic E-state index is -0.526. The highest BCUT2D eigenvalue weighted by Crippen LogP contribution is 2.26. The summed E-state index contributed by atoms with van der Waals surface area (Å²) in [7, 11) is 1.30. The molecule has 1 aliphatic rings. The van der Waals surface area contributed by atoms with Crippen LogP contribution in [0.15, 0.2) is 24.3 Å². The van der Waals surface area contributed by atoms with Crippen molar-refractivity contribution in [3.63, 3.8) is 0 Å². The molecule has 0 amide bonds. The number of hydrogen-bond donors (Lipinski definition) is 0. The van der Waals surface area contributed by atoms with Crippen LogP contribution in [0.25, 0.3) is 0 Å². The number of aromatic nitrogens is 3. The van der Waals surface area contributed by atoms with E-state index in [-0.39, 0.29) is 35.4 Å². The Morgan fingerprint density at radius 2 is 1.85 bits per heavy atom. The molecule has 9 heteroatoms. The molecule has 1 atom stereocenters. The summed E-state index contributed by atoms with van der Waals surface area (Å²) in [5, 5.41) is 0. The van der Waals surface area contributed by atoms with E-state index in [0.717, 1.165) is 12.8 Å². The highest BCUT2D eigenvalue weighted by atomic mass is 16.6. The number of nitrogens with zero attached hydrogens (tertiary/aromatic N) is 3. The molecule has 144 valence electrons. The molecule has 1 aromatic heterocycles. The minimum absolute atomic E-state index is 0.0421. The molecule has 0 aliphatic carbocycles. The fraction of sp³-hybridized carbons (Fsp3) is 0.444. The summed E-state index contributed by atoms with van der Waals surface area (Å²) in [5.74, 6) is -0.270. The number of methoxy groups -OCH3 is 1. The Bertz CT molecular complexity index is 781. The lowest BCUT2D eigenvalue weighted by Gasteiger charge is -2.11. The standard InChI is InChI=1S/C18H21N3O6/c1-3-4-9-24-16-19-17(26-11-12-10-25-12)21-18(20-16)27-14-8-6-5-7-13(14)15(22)23-2/h5-8,12H,3-4,9-11H2,1-2H3. The molecule has 3 rings (SSSR count). The van der Waals surface area contributed by atoms with Gasteiger partial charge in [-0.1, -0.05) is 25.5 Å². The lowest BCUT2D eigenvalue weighted by molar-refractivity contribution is 0.0597. The molecule has 0 radical (unpaired) electrons.